The first-order chi connectivity index (χ1) is 13.5. The number of hydrogen-bond donors (Lipinski definition) is 1. The molecule has 28 heavy (non-hydrogen) atoms. The molecule has 0 saturated carbocycles. The monoisotopic (exact) mass is 406 g/mol. The quantitative estimate of drug-likeness (QED) is 0.502. The van der Waals surface area contributed by atoms with Gasteiger partial charge in [0, 0.05) is 5.56 Å². The van der Waals surface area contributed by atoms with Gasteiger partial charge in [-0.1, -0.05) is 22.8 Å². The zero-order chi connectivity index (χ0) is 20.5. The Morgan fingerprint density at radius 3 is 2.61 bits per heavy atom. The van der Waals surface area contributed by atoms with Crippen LogP contribution in [0, 0.1) is 6.92 Å². The molecule has 0 aliphatic rings. The Kier molecular flexibility index (Phi) is 7.95. The standard InChI is InChI=1S/C20H23ClN2O5/c1-5-27-20-15(21)9-14(10-18(20)26-4)11-22-28-12-19(24)23-16-8-13(2)6-7-17(16)25-3/h6-11H,5,12H2,1-4H3,(H,23,24)/b22-11-. The molecular formula is C20H23ClN2O5. The van der Waals surface area contributed by atoms with Gasteiger partial charge in [0.05, 0.1) is 37.8 Å². The van der Waals surface area contributed by atoms with Crippen LogP contribution in [0.4, 0.5) is 5.69 Å². The van der Waals surface area contributed by atoms with Crippen LogP contribution in [-0.2, 0) is 9.63 Å². The van der Waals surface area contributed by atoms with Crippen LogP contribution in [0.25, 0.3) is 0 Å². The Balaban J connectivity index is 1.96. The minimum absolute atomic E-state index is 0.254. The van der Waals surface area contributed by atoms with Gasteiger partial charge in [-0.25, -0.2) is 0 Å². The SMILES string of the molecule is CCOc1c(Cl)cc(/C=N\OCC(=O)Nc2cc(C)ccc2OC)cc1OC. The fraction of sp³-hybridized carbons (Fsp3) is 0.300. The predicted molar refractivity (Wildman–Crippen MR) is 109 cm³/mol. The second-order valence-electron chi connectivity index (χ2n) is 5.73. The van der Waals surface area contributed by atoms with E-state index in [4.69, 9.17) is 30.6 Å². The van der Waals surface area contributed by atoms with Crippen LogP contribution in [0.1, 0.15) is 18.1 Å². The average molecular weight is 407 g/mol. The van der Waals surface area contributed by atoms with E-state index in [2.05, 4.69) is 10.5 Å². The fourth-order valence-corrected chi connectivity index (χ4v) is 2.67. The second kappa shape index (κ2) is 10.4. The molecule has 0 saturated heterocycles. The number of nitrogens with zero attached hydrogens (tertiary/aromatic N) is 1. The lowest BCUT2D eigenvalue weighted by Crippen LogP contribution is -2.17. The van der Waals surface area contributed by atoms with Crippen LogP contribution in [-0.4, -0.2) is 39.6 Å². The third-order valence-electron chi connectivity index (χ3n) is 3.64. The van der Waals surface area contributed by atoms with Gasteiger partial charge in [-0.05, 0) is 43.7 Å². The number of ether oxygens (including phenoxy) is 3. The van der Waals surface area contributed by atoms with Crippen molar-refractivity contribution in [3.63, 3.8) is 0 Å². The van der Waals surface area contributed by atoms with E-state index in [1.807, 2.05) is 26.0 Å². The molecule has 0 spiro atoms. The number of carbonyl (C=O) groups excluding carboxylic acids is 1. The van der Waals surface area contributed by atoms with E-state index < -0.39 is 0 Å². The highest BCUT2D eigenvalue weighted by Gasteiger charge is 2.11. The first kappa shape index (κ1) is 21.4. The number of nitrogens with one attached hydrogen (secondary N) is 1. The Morgan fingerprint density at radius 1 is 1.18 bits per heavy atom. The highest BCUT2D eigenvalue weighted by Crippen LogP contribution is 2.36. The van der Waals surface area contributed by atoms with Crippen molar-refractivity contribution in [1.29, 1.82) is 0 Å². The number of carbonyl (C=O) groups is 1. The Labute approximate surface area is 169 Å². The molecule has 0 atom stereocenters. The van der Waals surface area contributed by atoms with E-state index in [0.29, 0.717) is 40.1 Å². The van der Waals surface area contributed by atoms with Crippen LogP contribution in [0.3, 0.4) is 0 Å². The van der Waals surface area contributed by atoms with E-state index in [0.717, 1.165) is 5.56 Å². The zero-order valence-corrected chi connectivity index (χ0v) is 17.0. The molecule has 0 fully saturated rings. The number of methoxy groups -OCH3 is 2. The summed E-state index contributed by atoms with van der Waals surface area (Å²) in [7, 11) is 3.06. The highest BCUT2D eigenvalue weighted by molar-refractivity contribution is 6.32. The Hall–Kier alpha value is -2.93. The van der Waals surface area contributed by atoms with Gasteiger partial charge in [0.15, 0.2) is 18.1 Å². The van der Waals surface area contributed by atoms with Crippen molar-refractivity contribution < 1.29 is 23.8 Å². The number of halogens is 1. The lowest BCUT2D eigenvalue weighted by molar-refractivity contribution is -0.120. The third kappa shape index (κ3) is 5.79. The summed E-state index contributed by atoms with van der Waals surface area (Å²) in [5.41, 5.74) is 2.21. The number of rotatable bonds is 9. The molecule has 7 nitrogen and oxygen atoms in total. The van der Waals surface area contributed by atoms with E-state index >= 15 is 0 Å². The summed E-state index contributed by atoms with van der Waals surface area (Å²) in [5.74, 6) is 1.17. The van der Waals surface area contributed by atoms with Gasteiger partial charge in [-0.3, -0.25) is 4.79 Å². The Bertz CT molecular complexity index is 855. The molecule has 2 aromatic carbocycles. The predicted octanol–water partition coefficient (Wildman–Crippen LogP) is 4.05. The van der Waals surface area contributed by atoms with Gasteiger partial charge in [0.1, 0.15) is 5.75 Å². The molecule has 2 aromatic rings. The van der Waals surface area contributed by atoms with Crippen LogP contribution in [0.15, 0.2) is 35.5 Å². The number of aryl methyl sites for hydroxylation is 1. The van der Waals surface area contributed by atoms with Gasteiger partial charge in [0.25, 0.3) is 5.91 Å². The summed E-state index contributed by atoms with van der Waals surface area (Å²) in [5, 5.41) is 6.93. The Morgan fingerprint density at radius 2 is 1.93 bits per heavy atom. The minimum Gasteiger partial charge on any atom is -0.495 e. The molecule has 0 aromatic heterocycles. The maximum absolute atomic E-state index is 12.1. The van der Waals surface area contributed by atoms with E-state index in [9.17, 15) is 4.79 Å². The van der Waals surface area contributed by atoms with Crippen LogP contribution in [0.5, 0.6) is 17.2 Å². The number of oxime groups is 1. The summed E-state index contributed by atoms with van der Waals surface area (Å²) < 4.78 is 16.0. The first-order valence-corrected chi connectivity index (χ1v) is 8.96. The summed E-state index contributed by atoms with van der Waals surface area (Å²) in [6, 6.07) is 8.87. The molecular weight excluding hydrogens is 384 g/mol. The topological polar surface area (TPSA) is 78.4 Å². The van der Waals surface area contributed by atoms with Gasteiger partial charge in [0.2, 0.25) is 0 Å². The highest BCUT2D eigenvalue weighted by atomic mass is 35.5. The van der Waals surface area contributed by atoms with Gasteiger partial charge >= 0.3 is 0 Å². The van der Waals surface area contributed by atoms with Crippen LogP contribution >= 0.6 is 11.6 Å². The molecule has 2 rings (SSSR count). The largest absolute Gasteiger partial charge is 0.495 e. The number of benzene rings is 2. The van der Waals surface area contributed by atoms with Crippen LogP contribution < -0.4 is 19.5 Å². The van der Waals surface area contributed by atoms with Crippen LogP contribution in [0.2, 0.25) is 5.02 Å². The molecule has 0 unspecified atom stereocenters. The van der Waals surface area contributed by atoms with Crippen molar-refractivity contribution in [2.75, 3.05) is 32.8 Å². The summed E-state index contributed by atoms with van der Waals surface area (Å²) in [4.78, 5) is 17.1. The van der Waals surface area contributed by atoms with Crippen molar-refractivity contribution in [3.05, 3.63) is 46.5 Å². The van der Waals surface area contributed by atoms with E-state index in [1.54, 1.807) is 18.2 Å². The molecule has 0 heterocycles. The normalized spacial score (nSPS) is 10.6. The number of anilines is 1. The van der Waals surface area contributed by atoms with E-state index in [1.165, 1.54) is 20.4 Å². The van der Waals surface area contributed by atoms with Gasteiger partial charge in [-0.15, -0.1) is 0 Å². The zero-order valence-electron chi connectivity index (χ0n) is 16.2. The molecule has 0 radical (unpaired) electrons. The second-order valence-corrected chi connectivity index (χ2v) is 6.13. The summed E-state index contributed by atoms with van der Waals surface area (Å²) >= 11 is 6.20. The lowest BCUT2D eigenvalue weighted by Gasteiger charge is -2.11. The number of amides is 1. The molecule has 0 bridgehead atoms. The molecule has 150 valence electrons. The summed E-state index contributed by atoms with van der Waals surface area (Å²) in [6.45, 7) is 3.99. The summed E-state index contributed by atoms with van der Waals surface area (Å²) in [6.07, 6.45) is 1.44. The minimum atomic E-state index is -0.358. The fourth-order valence-electron chi connectivity index (χ4n) is 2.40. The average Bonchev–Trinajstić information content (AvgIpc) is 2.67. The van der Waals surface area contributed by atoms with Crippen molar-refractivity contribution in [3.8, 4) is 17.2 Å². The molecule has 0 aliphatic carbocycles. The lowest BCUT2D eigenvalue weighted by atomic mass is 10.2. The molecule has 8 heteroatoms. The van der Waals surface area contributed by atoms with E-state index in [-0.39, 0.29) is 12.5 Å². The van der Waals surface area contributed by atoms with Gasteiger partial charge < -0.3 is 24.4 Å². The molecule has 1 N–H and O–H groups in total. The molecule has 1 amide bonds. The van der Waals surface area contributed by atoms with Gasteiger partial charge in [-0.2, -0.15) is 0 Å². The van der Waals surface area contributed by atoms with Crippen molar-refractivity contribution in [2.45, 2.75) is 13.8 Å². The maximum Gasteiger partial charge on any atom is 0.265 e. The third-order valence-corrected chi connectivity index (χ3v) is 3.92. The number of hydrogen-bond acceptors (Lipinski definition) is 6. The maximum atomic E-state index is 12.1. The van der Waals surface area contributed by atoms with Crippen molar-refractivity contribution in [2.24, 2.45) is 5.16 Å². The molecule has 0 aliphatic heterocycles. The van der Waals surface area contributed by atoms with Crippen molar-refractivity contribution in [1.82, 2.24) is 0 Å². The smallest absolute Gasteiger partial charge is 0.265 e. The first-order valence-electron chi connectivity index (χ1n) is 8.58. The van der Waals surface area contributed by atoms with Crippen molar-refractivity contribution >= 4 is 29.4 Å².